The second-order valence-electron chi connectivity index (χ2n) is 6.94. The number of rotatable bonds is 4. The minimum atomic E-state index is -3.29. The van der Waals surface area contributed by atoms with E-state index in [9.17, 15) is 16.8 Å². The molecular weight excluding hydrogens is 666 g/mol. The van der Waals surface area contributed by atoms with Gasteiger partial charge in [-0.25, -0.2) is 28.4 Å². The fourth-order valence-corrected chi connectivity index (χ4v) is 3.99. The van der Waals surface area contributed by atoms with E-state index in [4.69, 9.17) is 12.3 Å². The number of nitrogen functional groups attached to an aromatic ring is 1. The van der Waals surface area contributed by atoms with Crippen LogP contribution in [-0.2, 0) is 45.7 Å². The fourth-order valence-electron chi connectivity index (χ4n) is 3.04. The molecule has 1 fully saturated rings. The number of hydrogen-bond donors (Lipinski definition) is 1. The Morgan fingerprint density at radius 2 is 1.88 bits per heavy atom. The maximum absolute atomic E-state index is 11.7. The molecule has 0 aromatic carbocycles. The second-order valence-corrected chi connectivity index (χ2v) is 12.0. The quantitative estimate of drug-likeness (QED) is 0.296. The van der Waals surface area contributed by atoms with Crippen LogP contribution >= 0.6 is 10.7 Å². The molecule has 180 valence electrons. The van der Waals surface area contributed by atoms with Crippen LogP contribution in [0.15, 0.2) is 24.7 Å². The first kappa shape index (κ1) is 28.9. The molecule has 2 N–H and O–H groups in total. The summed E-state index contributed by atoms with van der Waals surface area (Å²) >= 11 is 0. The Bertz CT molecular complexity index is 1370. The number of fused-ring (bicyclic) bond motifs is 1. The Morgan fingerprint density at radius 3 is 2.42 bits per heavy atom. The third-order valence-electron chi connectivity index (χ3n) is 4.38. The van der Waals surface area contributed by atoms with Crippen molar-refractivity contribution in [1.29, 1.82) is 0 Å². The smallest absolute Gasteiger partial charge is 0.242 e. The number of halogens is 1. The van der Waals surface area contributed by atoms with Crippen molar-refractivity contribution in [2.45, 2.75) is 5.54 Å². The molecule has 0 spiro atoms. The summed E-state index contributed by atoms with van der Waals surface area (Å²) in [5.41, 5.74) is 6.20. The van der Waals surface area contributed by atoms with Gasteiger partial charge in [0.1, 0.15) is 0 Å². The van der Waals surface area contributed by atoms with Gasteiger partial charge in [-0.2, -0.15) is 18.9 Å². The summed E-state index contributed by atoms with van der Waals surface area (Å²) in [6.45, 7) is 7.77. The minimum Gasteiger partial charge on any atom is -0.366 e. The molecule has 17 heteroatoms. The van der Waals surface area contributed by atoms with E-state index in [-0.39, 0.29) is 54.1 Å². The number of sulfonamides is 1. The van der Waals surface area contributed by atoms with E-state index in [1.807, 2.05) is 0 Å². The maximum Gasteiger partial charge on any atom is 0.242 e. The monoisotopic (exact) mass is 686 g/mol. The molecule has 0 radical (unpaired) electrons. The van der Waals surface area contributed by atoms with Gasteiger partial charge in [0.05, 0.1) is 24.3 Å². The molecule has 0 unspecified atom stereocenters. The second kappa shape index (κ2) is 10.4. The predicted molar refractivity (Wildman–Crippen MR) is 119 cm³/mol. The summed E-state index contributed by atoms with van der Waals surface area (Å²) in [5, 5.41) is 8.48. The first-order chi connectivity index (χ1) is 14.3. The number of nitrogens with zero attached hydrogens (tertiary/aromatic N) is 8. The number of nitrogens with two attached hydrogens (primary N) is 1. The zero-order valence-electron chi connectivity index (χ0n) is 17.8. The Hall–Kier alpha value is -2.11. The van der Waals surface area contributed by atoms with E-state index < -0.39 is 24.6 Å². The van der Waals surface area contributed by atoms with Gasteiger partial charge in [-0.05, 0) is 0 Å². The maximum atomic E-state index is 11.7. The summed E-state index contributed by atoms with van der Waals surface area (Å²) in [4.78, 5) is 11.9. The fraction of sp³-hybridized carbons (Fsp3) is 0.375. The largest absolute Gasteiger partial charge is 0.366 e. The summed E-state index contributed by atoms with van der Waals surface area (Å²) < 4.78 is 46.7. The first-order valence-electron chi connectivity index (χ1n) is 8.53. The van der Waals surface area contributed by atoms with Crippen LogP contribution in [0.5, 0.6) is 0 Å². The molecule has 0 atom stereocenters. The van der Waals surface area contributed by atoms with Crippen LogP contribution < -0.4 is 5.73 Å². The van der Waals surface area contributed by atoms with Crippen LogP contribution in [0.3, 0.4) is 0 Å². The van der Waals surface area contributed by atoms with E-state index in [2.05, 4.69) is 35.7 Å². The molecule has 0 saturated carbocycles. The van der Waals surface area contributed by atoms with Crippen LogP contribution in [0.4, 0.5) is 5.95 Å². The van der Waals surface area contributed by atoms with Gasteiger partial charge in [-0.15, -0.1) is 5.10 Å². The molecule has 0 amide bonds. The van der Waals surface area contributed by atoms with E-state index >= 15 is 0 Å². The molecule has 3 aromatic heterocycles. The number of aromatic nitrogens is 6. The van der Waals surface area contributed by atoms with Crippen LogP contribution in [0, 0.1) is 14.0 Å². The van der Waals surface area contributed by atoms with Crippen LogP contribution in [0.2, 0.25) is 0 Å². The topological polar surface area (TPSA) is 163 Å². The Labute approximate surface area is 210 Å². The van der Waals surface area contributed by atoms with Crippen molar-refractivity contribution in [3.8, 4) is 11.4 Å². The number of hydrogen-bond acceptors (Lipinski definition) is 9. The zero-order chi connectivity index (χ0) is 23.0. The molecule has 1 saturated heterocycles. The molecule has 0 aliphatic carbocycles. The van der Waals surface area contributed by atoms with Crippen molar-refractivity contribution in [2.75, 3.05) is 37.9 Å². The third kappa shape index (κ3) is 6.70. The molecular formula is C16H21ClN9O4S2W-. The third-order valence-corrected chi connectivity index (χ3v) is 5.58. The van der Waals surface area contributed by atoms with Gasteiger partial charge in [0.25, 0.3) is 0 Å². The summed E-state index contributed by atoms with van der Waals surface area (Å²) in [6, 6.07) is 1.69. The SMILES string of the molecule is CS(=O)(=O)Cl.[C-]#[N+]CC1(n2cc(-c3nccc4nc(N)nn34)cn2)CN(S(C)(=O)=O)C1.[CH3-].[W]. The van der Waals surface area contributed by atoms with Crippen LogP contribution in [-0.4, -0.2) is 82.6 Å². The zero-order valence-corrected chi connectivity index (χ0v) is 23.1. The van der Waals surface area contributed by atoms with E-state index in [0.717, 1.165) is 12.5 Å². The van der Waals surface area contributed by atoms with E-state index in [1.165, 1.54) is 8.82 Å². The normalized spacial score (nSPS) is 15.2. The van der Waals surface area contributed by atoms with Crippen LogP contribution in [0.1, 0.15) is 0 Å². The van der Waals surface area contributed by atoms with Gasteiger partial charge in [-0.3, -0.25) is 4.68 Å². The molecule has 13 nitrogen and oxygen atoms in total. The van der Waals surface area contributed by atoms with Gasteiger partial charge in [0, 0.05) is 63.3 Å². The van der Waals surface area contributed by atoms with Gasteiger partial charge >= 0.3 is 0 Å². The average Bonchev–Trinajstić information content (AvgIpc) is 3.20. The number of anilines is 1. The Balaban J connectivity index is 0.000000707. The summed E-state index contributed by atoms with van der Waals surface area (Å²) in [5.74, 6) is 0.647. The minimum absolute atomic E-state index is 0. The average molecular weight is 687 g/mol. The standard InChI is InChI=1S/C14H15N9O2S.CH3ClO2S.CH3.W/c1-16-7-14(8-21(9-14)26(2,24)25)22-6-10(5-18-22)12-17-4-3-11-19-13(15)20-23(11)12;1-5(2,3)4;;/h3-6H,7-9H2,2H3,(H2,15,20);1H3;1H3;/q;;-1;. The Morgan fingerprint density at radius 1 is 1.27 bits per heavy atom. The molecule has 3 aromatic rings. The first-order valence-corrected chi connectivity index (χ1v) is 13.1. The van der Waals surface area contributed by atoms with Gasteiger partial charge in [-0.1, -0.05) is 0 Å². The molecule has 33 heavy (non-hydrogen) atoms. The summed E-state index contributed by atoms with van der Waals surface area (Å²) in [6.07, 6.45) is 7.02. The van der Waals surface area contributed by atoms with Crippen molar-refractivity contribution in [1.82, 2.24) is 33.7 Å². The summed E-state index contributed by atoms with van der Waals surface area (Å²) in [7, 11) is -1.99. The van der Waals surface area contributed by atoms with Crippen molar-refractivity contribution in [3.63, 3.8) is 0 Å². The predicted octanol–water partition coefficient (Wildman–Crippen LogP) is 0.0924. The van der Waals surface area contributed by atoms with Crippen LogP contribution in [0.25, 0.3) is 21.9 Å². The van der Waals surface area contributed by atoms with Crippen molar-refractivity contribution in [2.24, 2.45) is 0 Å². The van der Waals surface area contributed by atoms with Gasteiger partial charge in [0.15, 0.2) is 17.0 Å². The molecule has 4 heterocycles. The van der Waals surface area contributed by atoms with E-state index in [1.54, 1.807) is 29.3 Å². The molecule has 0 bridgehead atoms. The van der Waals surface area contributed by atoms with E-state index in [0.29, 0.717) is 17.0 Å². The Kier molecular flexibility index (Phi) is 9.15. The van der Waals surface area contributed by atoms with Crippen molar-refractivity contribution in [3.05, 3.63) is 43.5 Å². The van der Waals surface area contributed by atoms with Crippen molar-refractivity contribution >= 4 is 41.4 Å². The van der Waals surface area contributed by atoms with Gasteiger partial charge in [0.2, 0.25) is 31.6 Å². The van der Waals surface area contributed by atoms with Gasteiger partial charge < -0.3 is 18.0 Å². The molecule has 1 aliphatic rings. The molecule has 1 aliphatic heterocycles. The van der Waals surface area contributed by atoms with Crippen molar-refractivity contribution < 1.29 is 37.9 Å². The molecule has 4 rings (SSSR count).